The molecule has 0 saturated carbocycles. The summed E-state index contributed by atoms with van der Waals surface area (Å²) < 4.78 is 19.3. The normalized spacial score (nSPS) is 16.1. The van der Waals surface area contributed by atoms with Gasteiger partial charge in [-0.1, -0.05) is 29.8 Å². The molecule has 0 aliphatic carbocycles. The van der Waals surface area contributed by atoms with Crippen molar-refractivity contribution in [3.05, 3.63) is 76.0 Å². The second-order valence-electron chi connectivity index (χ2n) is 8.28. The van der Waals surface area contributed by atoms with E-state index < -0.39 is 0 Å². The molecule has 1 aliphatic rings. The summed E-state index contributed by atoms with van der Waals surface area (Å²) in [4.78, 5) is 20.8. The smallest absolute Gasteiger partial charge is 0.274 e. The minimum Gasteiger partial charge on any atom is -0.421 e. The van der Waals surface area contributed by atoms with Crippen LogP contribution in [0.4, 0.5) is 4.39 Å². The van der Waals surface area contributed by atoms with Gasteiger partial charge in [-0.25, -0.2) is 9.37 Å². The first kappa shape index (κ1) is 22.7. The van der Waals surface area contributed by atoms with E-state index in [2.05, 4.69) is 15.2 Å². The van der Waals surface area contributed by atoms with Crippen molar-refractivity contribution in [3.8, 4) is 21.9 Å². The number of carbonyl (C=O) groups is 1. The van der Waals surface area contributed by atoms with Crippen LogP contribution < -0.4 is 0 Å². The van der Waals surface area contributed by atoms with Gasteiger partial charge in [0.15, 0.2) is 0 Å². The van der Waals surface area contributed by atoms with Crippen LogP contribution in [0.1, 0.15) is 40.6 Å². The summed E-state index contributed by atoms with van der Waals surface area (Å²) in [5, 5.41) is 9.76. The van der Waals surface area contributed by atoms with E-state index in [9.17, 15) is 9.18 Å². The molecule has 3 heterocycles. The molecule has 1 aliphatic heterocycles. The first-order valence-electron chi connectivity index (χ1n) is 11.1. The summed E-state index contributed by atoms with van der Waals surface area (Å²) in [6.07, 6.45) is 3.25. The van der Waals surface area contributed by atoms with E-state index in [1.54, 1.807) is 24.3 Å². The molecule has 0 unspecified atom stereocenters. The number of aryl methyl sites for hydroxylation is 1. The van der Waals surface area contributed by atoms with Crippen LogP contribution in [-0.4, -0.2) is 38.6 Å². The Bertz CT molecular complexity index is 1320. The number of hydrogen-bond acceptors (Lipinski definition) is 6. The van der Waals surface area contributed by atoms with Crippen LogP contribution in [0.15, 0.2) is 52.9 Å². The fraction of sp³-hybridized carbons (Fsp3) is 0.280. The van der Waals surface area contributed by atoms with Crippen LogP contribution in [-0.2, 0) is 6.42 Å². The minimum atomic E-state index is -0.314. The quantitative estimate of drug-likeness (QED) is 0.329. The van der Waals surface area contributed by atoms with E-state index in [4.69, 9.17) is 16.0 Å². The average molecular weight is 497 g/mol. The van der Waals surface area contributed by atoms with Gasteiger partial charge in [0.2, 0.25) is 11.8 Å². The Morgan fingerprint density at radius 1 is 1.18 bits per heavy atom. The molecule has 2 aromatic heterocycles. The van der Waals surface area contributed by atoms with Crippen LogP contribution >= 0.6 is 22.9 Å². The highest BCUT2D eigenvalue weighted by atomic mass is 35.5. The molecule has 0 spiro atoms. The van der Waals surface area contributed by atoms with Gasteiger partial charge in [-0.05, 0) is 62.1 Å². The van der Waals surface area contributed by atoms with E-state index in [1.807, 2.05) is 24.0 Å². The first-order chi connectivity index (χ1) is 16.5. The van der Waals surface area contributed by atoms with Gasteiger partial charge < -0.3 is 9.32 Å². The molecule has 2 aromatic carbocycles. The van der Waals surface area contributed by atoms with Gasteiger partial charge in [-0.3, -0.25) is 4.79 Å². The lowest BCUT2D eigenvalue weighted by Gasteiger charge is -2.35. The van der Waals surface area contributed by atoms with Crippen LogP contribution in [0.3, 0.4) is 0 Å². The highest BCUT2D eigenvalue weighted by molar-refractivity contribution is 7.15. The number of halogens is 2. The number of aromatic nitrogens is 3. The van der Waals surface area contributed by atoms with Crippen LogP contribution in [0.2, 0.25) is 5.02 Å². The molecule has 0 N–H and O–H groups in total. The van der Waals surface area contributed by atoms with Gasteiger partial charge in [0.1, 0.15) is 11.5 Å². The van der Waals surface area contributed by atoms with Gasteiger partial charge >= 0.3 is 0 Å². The topological polar surface area (TPSA) is 72.1 Å². The molecule has 1 atom stereocenters. The van der Waals surface area contributed by atoms with Crippen molar-refractivity contribution in [1.82, 2.24) is 20.1 Å². The molecule has 174 valence electrons. The van der Waals surface area contributed by atoms with E-state index in [0.29, 0.717) is 35.5 Å². The number of rotatable bonds is 5. The molecule has 0 bridgehead atoms. The molecule has 0 radical (unpaired) electrons. The molecular weight excluding hydrogens is 475 g/mol. The summed E-state index contributed by atoms with van der Waals surface area (Å²) in [5.41, 5.74) is 1.95. The third kappa shape index (κ3) is 4.74. The lowest BCUT2D eigenvalue weighted by atomic mass is 9.98. The molecule has 5 rings (SSSR count). The summed E-state index contributed by atoms with van der Waals surface area (Å²) in [5.74, 6) is 0.446. The van der Waals surface area contributed by atoms with Gasteiger partial charge in [-0.2, -0.15) is 0 Å². The monoisotopic (exact) mass is 496 g/mol. The summed E-state index contributed by atoms with van der Waals surface area (Å²) >= 11 is 7.52. The maximum absolute atomic E-state index is 13.7. The fourth-order valence-electron chi connectivity index (χ4n) is 4.26. The number of nitrogens with zero attached hydrogens (tertiary/aromatic N) is 4. The molecule has 6 nitrogen and oxygen atoms in total. The second-order valence-corrected chi connectivity index (χ2v) is 9.92. The third-order valence-corrected chi connectivity index (χ3v) is 7.13. The van der Waals surface area contributed by atoms with Crippen LogP contribution in [0, 0.1) is 12.7 Å². The maximum Gasteiger partial charge on any atom is 0.274 e. The molecular formula is C25H22ClFN4O2S. The average Bonchev–Trinajstić information content (AvgIpc) is 3.46. The Kier molecular flexibility index (Phi) is 6.43. The largest absolute Gasteiger partial charge is 0.421 e. The van der Waals surface area contributed by atoms with Gasteiger partial charge in [0, 0.05) is 29.6 Å². The van der Waals surface area contributed by atoms with E-state index >= 15 is 0 Å². The van der Waals surface area contributed by atoms with Gasteiger partial charge in [-0.15, -0.1) is 21.5 Å². The Morgan fingerprint density at radius 2 is 2.00 bits per heavy atom. The van der Waals surface area contributed by atoms with Crippen molar-refractivity contribution in [2.45, 2.75) is 38.6 Å². The summed E-state index contributed by atoms with van der Waals surface area (Å²) in [7, 11) is 0. The first-order valence-corrected chi connectivity index (χ1v) is 12.3. The van der Waals surface area contributed by atoms with E-state index in [-0.39, 0.29) is 17.8 Å². The standard InChI is InChI=1S/C25H22ClFN4O2S/c1-15-28-22(23(34-15)16-8-10-19(27)11-9-16)25(32)31-12-3-2-7-20(31)14-21-29-30-24(33-21)17-5-4-6-18(26)13-17/h4-6,8-11,13,20H,2-3,7,12,14H2,1H3/t20-/m0/s1. The predicted octanol–water partition coefficient (Wildman–Crippen LogP) is 6.20. The highest BCUT2D eigenvalue weighted by Crippen LogP contribution is 2.33. The predicted molar refractivity (Wildman–Crippen MR) is 129 cm³/mol. The van der Waals surface area contributed by atoms with E-state index in [1.165, 1.54) is 23.5 Å². The van der Waals surface area contributed by atoms with Crippen molar-refractivity contribution >= 4 is 28.8 Å². The maximum atomic E-state index is 13.7. The fourth-order valence-corrected chi connectivity index (χ4v) is 5.37. The van der Waals surface area contributed by atoms with E-state index in [0.717, 1.165) is 40.3 Å². The number of amides is 1. The van der Waals surface area contributed by atoms with Crippen LogP contribution in [0.5, 0.6) is 0 Å². The summed E-state index contributed by atoms with van der Waals surface area (Å²) in [6.45, 7) is 2.51. The molecule has 9 heteroatoms. The lowest BCUT2D eigenvalue weighted by molar-refractivity contribution is 0.0601. The zero-order valence-corrected chi connectivity index (χ0v) is 20.1. The van der Waals surface area contributed by atoms with Gasteiger partial charge in [0.05, 0.1) is 9.88 Å². The molecule has 4 aromatic rings. The van der Waals surface area contributed by atoms with Crippen LogP contribution in [0.25, 0.3) is 21.9 Å². The number of carbonyl (C=O) groups excluding carboxylic acids is 1. The SMILES string of the molecule is Cc1nc(C(=O)N2CCCC[C@H]2Cc2nnc(-c3cccc(Cl)c3)o2)c(-c2ccc(F)cc2)s1. The number of thiazole rings is 1. The third-order valence-electron chi connectivity index (χ3n) is 5.88. The van der Waals surface area contributed by atoms with Crippen molar-refractivity contribution in [3.63, 3.8) is 0 Å². The zero-order chi connectivity index (χ0) is 23.7. The lowest BCUT2D eigenvalue weighted by Crippen LogP contribution is -2.45. The Balaban J connectivity index is 1.39. The second kappa shape index (κ2) is 9.64. The number of benzene rings is 2. The molecule has 1 saturated heterocycles. The van der Waals surface area contributed by atoms with Gasteiger partial charge in [0.25, 0.3) is 5.91 Å². The Hall–Kier alpha value is -3.10. The van der Waals surface area contributed by atoms with Crippen molar-refractivity contribution in [1.29, 1.82) is 0 Å². The Morgan fingerprint density at radius 3 is 2.79 bits per heavy atom. The minimum absolute atomic E-state index is 0.0722. The molecule has 1 fully saturated rings. The number of likely N-dealkylation sites (tertiary alicyclic amines) is 1. The highest BCUT2D eigenvalue weighted by Gasteiger charge is 2.32. The van der Waals surface area contributed by atoms with Crippen molar-refractivity contribution in [2.24, 2.45) is 0 Å². The molecule has 1 amide bonds. The number of hydrogen-bond donors (Lipinski definition) is 0. The Labute approximate surface area is 205 Å². The number of piperidine rings is 1. The van der Waals surface area contributed by atoms with Crippen molar-refractivity contribution < 1.29 is 13.6 Å². The summed E-state index contributed by atoms with van der Waals surface area (Å²) in [6, 6.07) is 13.3. The zero-order valence-electron chi connectivity index (χ0n) is 18.5. The van der Waals surface area contributed by atoms with Crippen molar-refractivity contribution in [2.75, 3.05) is 6.54 Å². The molecule has 34 heavy (non-hydrogen) atoms.